The van der Waals surface area contributed by atoms with Gasteiger partial charge in [0.05, 0.1) is 6.61 Å². The molecule has 1 aromatic rings. The van der Waals surface area contributed by atoms with Crippen molar-refractivity contribution in [1.29, 1.82) is 0 Å². The number of ether oxygens (including phenoxy) is 1. The predicted molar refractivity (Wildman–Crippen MR) is 64.4 cm³/mol. The minimum Gasteiger partial charge on any atom is -0.464 e. The quantitative estimate of drug-likeness (QED) is 0.619. The van der Waals surface area contributed by atoms with Gasteiger partial charge in [-0.2, -0.15) is 0 Å². The lowest BCUT2D eigenvalue weighted by molar-refractivity contribution is -0.146. The molecule has 0 bridgehead atoms. The fourth-order valence-corrected chi connectivity index (χ4v) is 1.29. The smallest absolute Gasteiger partial charge is 0.332 e. The van der Waals surface area contributed by atoms with Crippen LogP contribution in [0.2, 0.25) is 0 Å². The Morgan fingerprint density at radius 1 is 1.50 bits per heavy atom. The summed E-state index contributed by atoms with van der Waals surface area (Å²) in [7, 11) is 0. The third-order valence-electron chi connectivity index (χ3n) is 2.35. The number of anilines is 1. The minimum absolute atomic E-state index is 0.138. The van der Waals surface area contributed by atoms with Crippen LogP contribution in [0.1, 0.15) is 12.5 Å². The summed E-state index contributed by atoms with van der Waals surface area (Å²) in [6.07, 6.45) is 0. The van der Waals surface area contributed by atoms with E-state index in [-0.39, 0.29) is 17.9 Å². The zero-order valence-electron chi connectivity index (χ0n) is 10.2. The number of esters is 1. The van der Waals surface area contributed by atoms with Crippen molar-refractivity contribution in [2.45, 2.75) is 19.9 Å². The van der Waals surface area contributed by atoms with E-state index >= 15 is 0 Å². The van der Waals surface area contributed by atoms with Crippen LogP contribution >= 0.6 is 0 Å². The highest BCUT2D eigenvalue weighted by Crippen LogP contribution is 2.17. The molecule has 3 N–H and O–H groups in total. The maximum Gasteiger partial charge on any atom is 0.332 e. The first-order valence-corrected chi connectivity index (χ1v) is 5.45. The second-order valence-corrected chi connectivity index (χ2v) is 3.63. The van der Waals surface area contributed by atoms with Crippen LogP contribution in [0, 0.1) is 12.7 Å². The molecule has 0 aromatic heterocycles. The number of carbonyl (C=O) groups is 2. The van der Waals surface area contributed by atoms with Gasteiger partial charge in [-0.25, -0.2) is 9.18 Å². The number of halogens is 1. The summed E-state index contributed by atoms with van der Waals surface area (Å²) in [6.45, 7) is 3.26. The first-order chi connectivity index (χ1) is 8.47. The van der Waals surface area contributed by atoms with Gasteiger partial charge in [0.15, 0.2) is 6.04 Å². The molecule has 0 aliphatic heterocycles. The number of carbonyl (C=O) groups excluding carboxylic acids is 2. The van der Waals surface area contributed by atoms with Gasteiger partial charge in [0, 0.05) is 11.3 Å². The lowest BCUT2D eigenvalue weighted by Gasteiger charge is -2.12. The van der Waals surface area contributed by atoms with E-state index in [9.17, 15) is 14.0 Å². The predicted octanol–water partition coefficient (Wildman–Crippen LogP) is 0.963. The molecule has 0 spiro atoms. The van der Waals surface area contributed by atoms with E-state index in [0.717, 1.165) is 0 Å². The highest BCUT2D eigenvalue weighted by molar-refractivity contribution is 6.08. The number of amides is 1. The van der Waals surface area contributed by atoms with Crippen LogP contribution in [0.3, 0.4) is 0 Å². The number of benzene rings is 1. The Bertz CT molecular complexity index is 463. The molecule has 1 amide bonds. The monoisotopic (exact) mass is 254 g/mol. The van der Waals surface area contributed by atoms with Gasteiger partial charge in [0.1, 0.15) is 5.82 Å². The van der Waals surface area contributed by atoms with Gasteiger partial charge in [-0.1, -0.05) is 6.07 Å². The molecular formula is C12H15FN2O3. The topological polar surface area (TPSA) is 81.4 Å². The van der Waals surface area contributed by atoms with Crippen molar-refractivity contribution in [2.75, 3.05) is 11.9 Å². The van der Waals surface area contributed by atoms with Crippen molar-refractivity contribution in [3.05, 3.63) is 29.6 Å². The third kappa shape index (κ3) is 3.27. The third-order valence-corrected chi connectivity index (χ3v) is 2.35. The molecule has 0 radical (unpaired) electrons. The molecule has 0 aliphatic rings. The summed E-state index contributed by atoms with van der Waals surface area (Å²) < 4.78 is 17.9. The van der Waals surface area contributed by atoms with Crippen LogP contribution < -0.4 is 11.1 Å². The molecule has 5 nitrogen and oxygen atoms in total. The van der Waals surface area contributed by atoms with Crippen molar-refractivity contribution in [2.24, 2.45) is 5.73 Å². The number of rotatable bonds is 4. The maximum atomic E-state index is 13.2. The zero-order chi connectivity index (χ0) is 13.7. The van der Waals surface area contributed by atoms with Crippen LogP contribution in [0.25, 0.3) is 0 Å². The maximum absolute atomic E-state index is 13.2. The van der Waals surface area contributed by atoms with Gasteiger partial charge < -0.3 is 15.8 Å². The van der Waals surface area contributed by atoms with Crippen molar-refractivity contribution in [3.8, 4) is 0 Å². The lowest BCUT2D eigenvalue weighted by atomic mass is 10.2. The summed E-state index contributed by atoms with van der Waals surface area (Å²) in [5.74, 6) is -2.00. The Hall–Kier alpha value is -1.95. The van der Waals surface area contributed by atoms with Crippen molar-refractivity contribution in [3.63, 3.8) is 0 Å². The zero-order valence-corrected chi connectivity index (χ0v) is 10.2. The van der Waals surface area contributed by atoms with Crippen molar-refractivity contribution in [1.82, 2.24) is 0 Å². The molecule has 1 unspecified atom stereocenters. The summed E-state index contributed by atoms with van der Waals surface area (Å²) >= 11 is 0. The molecule has 0 fully saturated rings. The molecule has 1 rings (SSSR count). The molecule has 0 saturated carbocycles. The van der Waals surface area contributed by atoms with Gasteiger partial charge in [0.25, 0.3) is 5.91 Å². The average Bonchev–Trinajstić information content (AvgIpc) is 2.34. The number of nitrogens with two attached hydrogens (primary N) is 1. The van der Waals surface area contributed by atoms with Gasteiger partial charge in [-0.3, -0.25) is 4.79 Å². The highest BCUT2D eigenvalue weighted by Gasteiger charge is 2.23. The molecular weight excluding hydrogens is 239 g/mol. The molecule has 18 heavy (non-hydrogen) atoms. The van der Waals surface area contributed by atoms with Gasteiger partial charge in [-0.15, -0.1) is 0 Å². The van der Waals surface area contributed by atoms with E-state index in [1.807, 2.05) is 0 Å². The second-order valence-electron chi connectivity index (χ2n) is 3.63. The molecule has 0 saturated heterocycles. The average molecular weight is 254 g/mol. The summed E-state index contributed by atoms with van der Waals surface area (Å²) in [5.41, 5.74) is 5.96. The first kappa shape index (κ1) is 14.1. The van der Waals surface area contributed by atoms with E-state index < -0.39 is 23.7 Å². The summed E-state index contributed by atoms with van der Waals surface area (Å²) in [5, 5.41) is 2.39. The lowest BCUT2D eigenvalue weighted by Crippen LogP contribution is -2.43. The first-order valence-electron chi connectivity index (χ1n) is 5.45. The van der Waals surface area contributed by atoms with Crippen molar-refractivity contribution < 1.29 is 18.7 Å². The molecule has 0 aliphatic carbocycles. The molecule has 6 heteroatoms. The Morgan fingerprint density at radius 3 is 2.78 bits per heavy atom. The van der Waals surface area contributed by atoms with Crippen LogP contribution in [-0.2, 0) is 14.3 Å². The van der Waals surface area contributed by atoms with E-state index in [0.29, 0.717) is 0 Å². The van der Waals surface area contributed by atoms with Crippen LogP contribution in [0.4, 0.5) is 10.1 Å². The van der Waals surface area contributed by atoms with Gasteiger partial charge in [-0.05, 0) is 26.0 Å². The molecule has 1 atom stereocenters. The SMILES string of the molecule is CCOC(=O)C(N)C(=O)Nc1cccc(F)c1C. The van der Waals surface area contributed by atoms with E-state index in [1.54, 1.807) is 6.92 Å². The fourth-order valence-electron chi connectivity index (χ4n) is 1.29. The Balaban J connectivity index is 2.75. The Morgan fingerprint density at radius 2 is 2.17 bits per heavy atom. The van der Waals surface area contributed by atoms with Crippen molar-refractivity contribution >= 4 is 17.6 Å². The fraction of sp³-hybridized carbons (Fsp3) is 0.333. The van der Waals surface area contributed by atoms with Crippen LogP contribution in [-0.4, -0.2) is 24.5 Å². The van der Waals surface area contributed by atoms with Crippen LogP contribution in [0.5, 0.6) is 0 Å². The number of hydrogen-bond acceptors (Lipinski definition) is 4. The standard InChI is InChI=1S/C12H15FN2O3/c1-3-18-12(17)10(14)11(16)15-9-6-4-5-8(13)7(9)2/h4-6,10H,3,14H2,1-2H3,(H,15,16). The Labute approximate surface area is 104 Å². The Kier molecular flexibility index (Phi) is 4.79. The van der Waals surface area contributed by atoms with Gasteiger partial charge >= 0.3 is 5.97 Å². The number of hydrogen-bond donors (Lipinski definition) is 2. The summed E-state index contributed by atoms with van der Waals surface area (Å²) in [4.78, 5) is 22.9. The van der Waals surface area contributed by atoms with Gasteiger partial charge in [0.2, 0.25) is 0 Å². The molecule has 1 aromatic carbocycles. The largest absolute Gasteiger partial charge is 0.464 e. The van der Waals surface area contributed by atoms with E-state index in [4.69, 9.17) is 5.73 Å². The second kappa shape index (κ2) is 6.11. The van der Waals surface area contributed by atoms with E-state index in [1.165, 1.54) is 25.1 Å². The molecule has 0 heterocycles. The number of nitrogens with one attached hydrogen (secondary N) is 1. The van der Waals surface area contributed by atoms with Crippen LogP contribution in [0.15, 0.2) is 18.2 Å². The molecule has 98 valence electrons. The highest BCUT2D eigenvalue weighted by atomic mass is 19.1. The normalized spacial score (nSPS) is 11.8. The summed E-state index contributed by atoms with van der Waals surface area (Å²) in [6, 6.07) is 2.82. The van der Waals surface area contributed by atoms with E-state index in [2.05, 4.69) is 10.1 Å². The minimum atomic E-state index is -1.42.